The van der Waals surface area contributed by atoms with Gasteiger partial charge < -0.3 is 4.40 Å². The molecular formula is C17H21N5. The molecule has 5 heteroatoms. The molecule has 3 aromatic rings. The van der Waals surface area contributed by atoms with Crippen LogP contribution in [0.3, 0.4) is 0 Å². The van der Waals surface area contributed by atoms with Crippen LogP contribution in [-0.2, 0) is 6.42 Å². The molecule has 0 aliphatic heterocycles. The average Bonchev–Trinajstić information content (AvgIpc) is 3.17. The molecule has 0 atom stereocenters. The Bertz CT molecular complexity index is 779. The third-order valence-corrected chi connectivity index (χ3v) is 4.71. The van der Waals surface area contributed by atoms with E-state index in [9.17, 15) is 0 Å². The van der Waals surface area contributed by atoms with Gasteiger partial charge in [0.15, 0.2) is 0 Å². The molecular weight excluding hydrogens is 274 g/mol. The first-order chi connectivity index (χ1) is 10.8. The van der Waals surface area contributed by atoms with E-state index in [1.807, 2.05) is 6.20 Å². The molecule has 1 fully saturated rings. The molecule has 3 heterocycles. The Balaban J connectivity index is 1.66. The fraction of sp³-hybridized carbons (Fsp3) is 0.471. The molecule has 3 aromatic heterocycles. The lowest BCUT2D eigenvalue weighted by atomic mass is 9.95. The normalized spacial score (nSPS) is 16.4. The molecule has 5 nitrogen and oxygen atoms in total. The first kappa shape index (κ1) is 13.5. The van der Waals surface area contributed by atoms with Crippen molar-refractivity contribution in [1.82, 2.24) is 24.1 Å². The van der Waals surface area contributed by atoms with Crippen molar-refractivity contribution in [2.24, 2.45) is 0 Å². The number of imidazole rings is 1. The van der Waals surface area contributed by atoms with E-state index in [0.29, 0.717) is 6.04 Å². The first-order valence-electron chi connectivity index (χ1n) is 8.13. The van der Waals surface area contributed by atoms with Gasteiger partial charge in [-0.15, -0.1) is 0 Å². The van der Waals surface area contributed by atoms with Crippen molar-refractivity contribution in [3.05, 3.63) is 47.9 Å². The van der Waals surface area contributed by atoms with Crippen LogP contribution in [0.2, 0.25) is 0 Å². The summed E-state index contributed by atoms with van der Waals surface area (Å²) >= 11 is 0. The van der Waals surface area contributed by atoms with Gasteiger partial charge in [0.1, 0.15) is 17.8 Å². The average molecular weight is 295 g/mol. The summed E-state index contributed by atoms with van der Waals surface area (Å²) in [6, 6.07) is 4.68. The van der Waals surface area contributed by atoms with Crippen molar-refractivity contribution < 1.29 is 0 Å². The van der Waals surface area contributed by atoms with Gasteiger partial charge in [-0.1, -0.05) is 25.3 Å². The Kier molecular flexibility index (Phi) is 3.41. The molecule has 0 saturated heterocycles. The van der Waals surface area contributed by atoms with Crippen LogP contribution in [0.1, 0.15) is 55.2 Å². The zero-order valence-corrected chi connectivity index (χ0v) is 12.9. The quantitative estimate of drug-likeness (QED) is 0.744. The van der Waals surface area contributed by atoms with Crippen molar-refractivity contribution in [3.63, 3.8) is 0 Å². The largest absolute Gasteiger partial charge is 0.303 e. The zero-order valence-electron chi connectivity index (χ0n) is 12.9. The summed E-state index contributed by atoms with van der Waals surface area (Å²) < 4.78 is 4.31. The highest BCUT2D eigenvalue weighted by atomic mass is 15.3. The predicted octanol–water partition coefficient (Wildman–Crippen LogP) is 3.33. The van der Waals surface area contributed by atoms with Crippen LogP contribution in [0.4, 0.5) is 0 Å². The third kappa shape index (κ3) is 2.30. The summed E-state index contributed by atoms with van der Waals surface area (Å²) in [5.74, 6) is 1.05. The molecule has 0 radical (unpaired) electrons. The summed E-state index contributed by atoms with van der Waals surface area (Å²) in [7, 11) is 0. The molecule has 1 aliphatic rings. The van der Waals surface area contributed by atoms with E-state index in [-0.39, 0.29) is 0 Å². The summed E-state index contributed by atoms with van der Waals surface area (Å²) in [6.45, 7) is 2.09. The fourth-order valence-electron chi connectivity index (χ4n) is 3.53. The first-order valence-corrected chi connectivity index (χ1v) is 8.13. The van der Waals surface area contributed by atoms with Gasteiger partial charge in [-0.2, -0.15) is 5.10 Å². The minimum absolute atomic E-state index is 0.521. The number of hydrogen-bond acceptors (Lipinski definition) is 3. The van der Waals surface area contributed by atoms with Gasteiger partial charge >= 0.3 is 0 Å². The number of nitrogens with zero attached hydrogens (tertiary/aromatic N) is 5. The summed E-state index contributed by atoms with van der Waals surface area (Å²) in [5, 5.41) is 4.49. The maximum atomic E-state index is 4.55. The van der Waals surface area contributed by atoms with Crippen LogP contribution < -0.4 is 0 Å². The minimum atomic E-state index is 0.521. The van der Waals surface area contributed by atoms with E-state index in [4.69, 9.17) is 0 Å². The summed E-state index contributed by atoms with van der Waals surface area (Å²) in [5.41, 5.74) is 3.40. The van der Waals surface area contributed by atoms with E-state index in [1.165, 1.54) is 43.4 Å². The number of hydrogen-bond donors (Lipinski definition) is 0. The van der Waals surface area contributed by atoms with Crippen molar-refractivity contribution in [3.8, 4) is 0 Å². The molecule has 0 spiro atoms. The SMILES string of the molecule is Cc1cccn2c(Cc3ncnn3C3CCCCC3)cnc12. The smallest absolute Gasteiger partial charge is 0.139 e. The number of aryl methyl sites for hydroxylation is 1. The molecule has 114 valence electrons. The van der Waals surface area contributed by atoms with Crippen molar-refractivity contribution >= 4 is 5.65 Å². The van der Waals surface area contributed by atoms with Gasteiger partial charge in [0.25, 0.3) is 0 Å². The lowest BCUT2D eigenvalue weighted by molar-refractivity contribution is 0.322. The molecule has 4 rings (SSSR count). The second kappa shape index (κ2) is 5.55. The third-order valence-electron chi connectivity index (χ3n) is 4.71. The van der Waals surface area contributed by atoms with Crippen LogP contribution >= 0.6 is 0 Å². The minimum Gasteiger partial charge on any atom is -0.303 e. The molecule has 0 aromatic carbocycles. The van der Waals surface area contributed by atoms with Crippen LogP contribution in [0.5, 0.6) is 0 Å². The number of fused-ring (bicyclic) bond motifs is 1. The van der Waals surface area contributed by atoms with Crippen molar-refractivity contribution in [2.45, 2.75) is 51.5 Å². The highest BCUT2D eigenvalue weighted by Gasteiger charge is 2.20. The standard InChI is InChI=1S/C17H21N5/c1-13-6-5-9-21-15(11-18-17(13)21)10-16-19-12-20-22(16)14-7-3-2-4-8-14/h5-6,9,11-12,14H,2-4,7-8,10H2,1H3. The van der Waals surface area contributed by atoms with Gasteiger partial charge in [-0.05, 0) is 31.4 Å². The second-order valence-electron chi connectivity index (χ2n) is 6.22. The Morgan fingerprint density at radius 3 is 2.91 bits per heavy atom. The van der Waals surface area contributed by atoms with Crippen LogP contribution in [-0.4, -0.2) is 24.1 Å². The fourth-order valence-corrected chi connectivity index (χ4v) is 3.53. The molecule has 0 N–H and O–H groups in total. The molecule has 22 heavy (non-hydrogen) atoms. The monoisotopic (exact) mass is 295 g/mol. The van der Waals surface area contributed by atoms with Crippen molar-refractivity contribution in [1.29, 1.82) is 0 Å². The van der Waals surface area contributed by atoms with Crippen molar-refractivity contribution in [2.75, 3.05) is 0 Å². The van der Waals surface area contributed by atoms with E-state index < -0.39 is 0 Å². The Labute approximate surface area is 130 Å². The van der Waals surface area contributed by atoms with E-state index >= 15 is 0 Å². The van der Waals surface area contributed by atoms with Crippen LogP contribution in [0, 0.1) is 6.92 Å². The molecule has 1 saturated carbocycles. The lowest BCUT2D eigenvalue weighted by Crippen LogP contribution is -2.17. The maximum Gasteiger partial charge on any atom is 0.139 e. The van der Waals surface area contributed by atoms with Crippen LogP contribution in [0.25, 0.3) is 5.65 Å². The lowest BCUT2D eigenvalue weighted by Gasteiger charge is -2.23. The molecule has 1 aliphatic carbocycles. The Morgan fingerprint density at radius 1 is 1.18 bits per heavy atom. The van der Waals surface area contributed by atoms with Gasteiger partial charge in [-0.3, -0.25) is 0 Å². The Morgan fingerprint density at radius 2 is 2.05 bits per heavy atom. The topological polar surface area (TPSA) is 48.0 Å². The number of aromatic nitrogens is 5. The zero-order chi connectivity index (χ0) is 14.9. The van der Waals surface area contributed by atoms with E-state index in [2.05, 4.69) is 49.4 Å². The molecule has 0 unspecified atom stereocenters. The van der Waals surface area contributed by atoms with Crippen LogP contribution in [0.15, 0.2) is 30.9 Å². The summed E-state index contributed by atoms with van der Waals surface area (Å²) in [6.07, 6.45) is 12.9. The molecule has 0 bridgehead atoms. The molecule has 0 amide bonds. The second-order valence-corrected chi connectivity index (χ2v) is 6.22. The van der Waals surface area contributed by atoms with Gasteiger partial charge in [0.2, 0.25) is 0 Å². The van der Waals surface area contributed by atoms with Gasteiger partial charge in [0, 0.05) is 24.5 Å². The number of pyridine rings is 1. The van der Waals surface area contributed by atoms with E-state index in [0.717, 1.165) is 17.9 Å². The highest BCUT2D eigenvalue weighted by Crippen LogP contribution is 2.28. The van der Waals surface area contributed by atoms with E-state index in [1.54, 1.807) is 6.33 Å². The number of rotatable bonds is 3. The highest BCUT2D eigenvalue weighted by molar-refractivity contribution is 5.48. The predicted molar refractivity (Wildman–Crippen MR) is 84.9 cm³/mol. The maximum absolute atomic E-state index is 4.55. The Hall–Kier alpha value is -2.17. The van der Waals surface area contributed by atoms with Gasteiger partial charge in [0.05, 0.1) is 6.04 Å². The van der Waals surface area contributed by atoms with Gasteiger partial charge in [-0.25, -0.2) is 14.6 Å². The summed E-state index contributed by atoms with van der Waals surface area (Å²) in [4.78, 5) is 9.05.